The number of anilines is 1. The van der Waals surface area contributed by atoms with E-state index in [4.69, 9.17) is 0 Å². The van der Waals surface area contributed by atoms with Gasteiger partial charge in [-0.15, -0.1) is 0 Å². The predicted molar refractivity (Wildman–Crippen MR) is 106 cm³/mol. The van der Waals surface area contributed by atoms with E-state index in [0.717, 1.165) is 18.4 Å². The van der Waals surface area contributed by atoms with Gasteiger partial charge in [-0.2, -0.15) is 4.31 Å². The lowest BCUT2D eigenvalue weighted by molar-refractivity contribution is 0.477. The molecule has 1 aliphatic rings. The van der Waals surface area contributed by atoms with Gasteiger partial charge in [-0.05, 0) is 62.9 Å². The van der Waals surface area contributed by atoms with Crippen LogP contribution in [0.1, 0.15) is 29.5 Å². The molecule has 2 aromatic carbocycles. The minimum Gasteiger partial charge on any atom is -0.280 e. The molecule has 0 saturated carbocycles. The zero-order chi connectivity index (χ0) is 19.8. The first-order valence-electron chi connectivity index (χ1n) is 8.82. The van der Waals surface area contributed by atoms with E-state index >= 15 is 0 Å². The van der Waals surface area contributed by atoms with Crippen LogP contribution in [-0.4, -0.2) is 34.2 Å². The number of aryl methyl sites for hydroxylation is 3. The van der Waals surface area contributed by atoms with Gasteiger partial charge >= 0.3 is 0 Å². The first-order valence-corrected chi connectivity index (χ1v) is 11.7. The lowest BCUT2D eigenvalue weighted by Gasteiger charge is -2.17. The van der Waals surface area contributed by atoms with Gasteiger partial charge in [0.2, 0.25) is 10.0 Å². The topological polar surface area (TPSA) is 83.5 Å². The van der Waals surface area contributed by atoms with Crippen molar-refractivity contribution in [2.75, 3.05) is 17.8 Å². The Kier molecular flexibility index (Phi) is 5.33. The van der Waals surface area contributed by atoms with Gasteiger partial charge in [0.05, 0.1) is 15.5 Å². The highest BCUT2D eigenvalue weighted by Crippen LogP contribution is 2.27. The van der Waals surface area contributed by atoms with Crippen LogP contribution in [0.4, 0.5) is 5.69 Å². The van der Waals surface area contributed by atoms with Crippen LogP contribution in [0.5, 0.6) is 0 Å². The molecule has 8 heteroatoms. The second-order valence-corrected chi connectivity index (χ2v) is 10.5. The molecule has 0 amide bonds. The number of benzene rings is 2. The van der Waals surface area contributed by atoms with Gasteiger partial charge in [-0.3, -0.25) is 4.72 Å². The maximum absolute atomic E-state index is 12.9. The Morgan fingerprint density at radius 1 is 0.889 bits per heavy atom. The second-order valence-electron chi connectivity index (χ2n) is 6.97. The molecule has 0 aromatic heterocycles. The molecule has 0 aliphatic carbocycles. The summed E-state index contributed by atoms with van der Waals surface area (Å²) >= 11 is 0. The highest BCUT2D eigenvalue weighted by molar-refractivity contribution is 7.92. The summed E-state index contributed by atoms with van der Waals surface area (Å²) in [5, 5.41) is 0. The molecule has 1 saturated heterocycles. The van der Waals surface area contributed by atoms with Crippen molar-refractivity contribution in [1.29, 1.82) is 0 Å². The summed E-state index contributed by atoms with van der Waals surface area (Å²) in [6.45, 7) is 6.42. The molecule has 146 valence electrons. The molecule has 1 aliphatic heterocycles. The van der Waals surface area contributed by atoms with Gasteiger partial charge < -0.3 is 0 Å². The number of nitrogens with zero attached hydrogens (tertiary/aromatic N) is 1. The fourth-order valence-electron chi connectivity index (χ4n) is 3.59. The Morgan fingerprint density at radius 2 is 1.48 bits per heavy atom. The van der Waals surface area contributed by atoms with E-state index in [1.807, 2.05) is 19.1 Å². The molecule has 0 spiro atoms. The van der Waals surface area contributed by atoms with Crippen molar-refractivity contribution in [3.8, 4) is 0 Å². The van der Waals surface area contributed by atoms with Crippen molar-refractivity contribution >= 4 is 25.7 Å². The summed E-state index contributed by atoms with van der Waals surface area (Å²) < 4.78 is 55.2. The number of sulfonamides is 2. The van der Waals surface area contributed by atoms with Crippen molar-refractivity contribution in [2.24, 2.45) is 0 Å². The molecule has 1 heterocycles. The van der Waals surface area contributed by atoms with Gasteiger partial charge in [0.1, 0.15) is 0 Å². The highest BCUT2D eigenvalue weighted by Gasteiger charge is 2.28. The molecule has 1 N–H and O–H groups in total. The van der Waals surface area contributed by atoms with E-state index in [1.165, 1.54) is 16.4 Å². The van der Waals surface area contributed by atoms with Crippen LogP contribution in [0.25, 0.3) is 0 Å². The largest absolute Gasteiger partial charge is 0.280 e. The highest BCUT2D eigenvalue weighted by atomic mass is 32.2. The maximum Gasteiger partial charge on any atom is 0.262 e. The third-order valence-electron chi connectivity index (χ3n) is 4.66. The fourth-order valence-corrected chi connectivity index (χ4v) is 6.66. The number of hydrogen-bond donors (Lipinski definition) is 1. The molecule has 2 aromatic rings. The van der Waals surface area contributed by atoms with Crippen LogP contribution in [0, 0.1) is 20.8 Å². The average molecular weight is 409 g/mol. The van der Waals surface area contributed by atoms with Crippen molar-refractivity contribution in [2.45, 2.75) is 43.4 Å². The lowest BCUT2D eigenvalue weighted by Crippen LogP contribution is -2.28. The Labute approximate surface area is 161 Å². The van der Waals surface area contributed by atoms with E-state index < -0.39 is 20.0 Å². The quantitative estimate of drug-likeness (QED) is 0.823. The summed E-state index contributed by atoms with van der Waals surface area (Å²) in [6, 6.07) is 9.61. The molecular formula is C19H24N2O4S2. The average Bonchev–Trinajstić information content (AvgIpc) is 3.08. The van der Waals surface area contributed by atoms with Gasteiger partial charge in [0.25, 0.3) is 10.0 Å². The van der Waals surface area contributed by atoms with Gasteiger partial charge in [0.15, 0.2) is 0 Å². The fraction of sp³-hybridized carbons (Fsp3) is 0.368. The summed E-state index contributed by atoms with van der Waals surface area (Å²) in [4.78, 5) is 0.322. The summed E-state index contributed by atoms with van der Waals surface area (Å²) in [6.07, 6.45) is 1.69. The first-order chi connectivity index (χ1) is 12.6. The maximum atomic E-state index is 12.9. The van der Waals surface area contributed by atoms with Crippen molar-refractivity contribution in [3.63, 3.8) is 0 Å². The van der Waals surface area contributed by atoms with Crippen LogP contribution in [0.3, 0.4) is 0 Å². The molecule has 0 atom stereocenters. The molecule has 6 nitrogen and oxygen atoms in total. The van der Waals surface area contributed by atoms with Crippen LogP contribution < -0.4 is 4.72 Å². The minimum absolute atomic E-state index is 0.0990. The number of hydrogen-bond acceptors (Lipinski definition) is 4. The van der Waals surface area contributed by atoms with Crippen LogP contribution in [0.15, 0.2) is 46.2 Å². The lowest BCUT2D eigenvalue weighted by atomic mass is 10.1. The molecule has 27 heavy (non-hydrogen) atoms. The van der Waals surface area contributed by atoms with E-state index in [9.17, 15) is 16.8 Å². The monoisotopic (exact) mass is 408 g/mol. The van der Waals surface area contributed by atoms with E-state index in [0.29, 0.717) is 24.2 Å². The predicted octanol–water partition coefficient (Wildman–Crippen LogP) is 3.20. The van der Waals surface area contributed by atoms with E-state index in [1.54, 1.807) is 26.0 Å². The van der Waals surface area contributed by atoms with Crippen molar-refractivity contribution < 1.29 is 16.8 Å². The standard InChI is InChI=1S/C19H24N2O4S2/c1-14-11-15(2)19(16(3)12-14)26(22,23)20-17-7-6-8-18(13-17)27(24,25)21-9-4-5-10-21/h6-8,11-13,20H,4-5,9-10H2,1-3H3. The molecule has 0 unspecified atom stereocenters. The summed E-state index contributed by atoms with van der Waals surface area (Å²) in [5.74, 6) is 0. The minimum atomic E-state index is -3.83. The van der Waals surface area contributed by atoms with Gasteiger partial charge in [-0.25, -0.2) is 16.8 Å². The normalized spacial score (nSPS) is 15.8. The smallest absolute Gasteiger partial charge is 0.262 e. The van der Waals surface area contributed by atoms with E-state index in [2.05, 4.69) is 4.72 Å². The molecular weight excluding hydrogens is 384 g/mol. The van der Waals surface area contributed by atoms with Crippen LogP contribution >= 0.6 is 0 Å². The second kappa shape index (κ2) is 7.26. The number of rotatable bonds is 5. The van der Waals surface area contributed by atoms with Crippen LogP contribution in [-0.2, 0) is 20.0 Å². The first kappa shape index (κ1) is 19.9. The van der Waals surface area contributed by atoms with Crippen molar-refractivity contribution in [1.82, 2.24) is 4.31 Å². The number of nitrogens with one attached hydrogen (secondary N) is 1. The third-order valence-corrected chi connectivity index (χ3v) is 8.24. The Bertz CT molecular complexity index is 1050. The molecule has 1 fully saturated rings. The van der Waals surface area contributed by atoms with E-state index in [-0.39, 0.29) is 15.5 Å². The zero-order valence-corrected chi connectivity index (χ0v) is 17.3. The van der Waals surface area contributed by atoms with Crippen molar-refractivity contribution in [3.05, 3.63) is 53.1 Å². The summed E-state index contributed by atoms with van der Waals surface area (Å²) in [5.41, 5.74) is 2.53. The Hall–Kier alpha value is -1.90. The Balaban J connectivity index is 1.95. The summed E-state index contributed by atoms with van der Waals surface area (Å²) in [7, 11) is -7.44. The third kappa shape index (κ3) is 4.02. The molecule has 0 bridgehead atoms. The Morgan fingerprint density at radius 3 is 2.07 bits per heavy atom. The molecule has 0 radical (unpaired) electrons. The van der Waals surface area contributed by atoms with Gasteiger partial charge in [0, 0.05) is 13.1 Å². The van der Waals surface area contributed by atoms with Crippen LogP contribution in [0.2, 0.25) is 0 Å². The molecule has 3 rings (SSSR count). The zero-order valence-electron chi connectivity index (χ0n) is 15.7. The SMILES string of the molecule is Cc1cc(C)c(S(=O)(=O)Nc2cccc(S(=O)(=O)N3CCCC3)c2)c(C)c1. The van der Waals surface area contributed by atoms with Gasteiger partial charge in [-0.1, -0.05) is 23.8 Å².